The number of ether oxygens (including phenoxy) is 1. The highest BCUT2D eigenvalue weighted by Gasteiger charge is 2.35. The van der Waals surface area contributed by atoms with Crippen LogP contribution in [0.3, 0.4) is 0 Å². The summed E-state index contributed by atoms with van der Waals surface area (Å²) in [7, 11) is 1.65. The summed E-state index contributed by atoms with van der Waals surface area (Å²) in [6, 6.07) is 6.64. The molecule has 2 aromatic rings. The van der Waals surface area contributed by atoms with Crippen molar-refractivity contribution in [2.24, 2.45) is 5.92 Å². The quantitative estimate of drug-likeness (QED) is 0.594. The van der Waals surface area contributed by atoms with Crippen LogP contribution in [-0.2, 0) is 0 Å². The van der Waals surface area contributed by atoms with Gasteiger partial charge in [0.15, 0.2) is 0 Å². The number of aliphatic hydroxyl groups excluding tert-OH is 1. The van der Waals surface area contributed by atoms with Crippen LogP contribution in [0, 0.1) is 11.7 Å². The lowest BCUT2D eigenvalue weighted by Gasteiger charge is -2.37. The van der Waals surface area contributed by atoms with Crippen molar-refractivity contribution in [1.82, 2.24) is 14.8 Å². The van der Waals surface area contributed by atoms with Gasteiger partial charge in [0.2, 0.25) is 5.88 Å². The molecule has 198 valence electrons. The SMILES string of the molecule is C[C@H]1CN([C@@H](C)CO)C(=O)c2cc(C3=CCCCC3)cnc2O[C@@H]1CN(C)C(=O)Nc1ccc(F)cc1. The monoisotopic (exact) mass is 510 g/mol. The fourth-order valence-corrected chi connectivity index (χ4v) is 4.70. The number of allylic oxidation sites excluding steroid dienone is 2. The van der Waals surface area contributed by atoms with Gasteiger partial charge in [-0.3, -0.25) is 4.79 Å². The van der Waals surface area contributed by atoms with E-state index in [0.717, 1.165) is 31.2 Å². The van der Waals surface area contributed by atoms with Gasteiger partial charge in [-0.15, -0.1) is 0 Å². The van der Waals surface area contributed by atoms with Crippen LogP contribution in [0.1, 0.15) is 55.5 Å². The summed E-state index contributed by atoms with van der Waals surface area (Å²) in [5.74, 6) is -0.540. The minimum Gasteiger partial charge on any atom is -0.472 e. The molecule has 1 aliphatic carbocycles. The summed E-state index contributed by atoms with van der Waals surface area (Å²) < 4.78 is 19.5. The lowest BCUT2D eigenvalue weighted by Crippen LogP contribution is -2.50. The van der Waals surface area contributed by atoms with Gasteiger partial charge in [0.05, 0.1) is 19.2 Å². The lowest BCUT2D eigenvalue weighted by atomic mass is 9.93. The number of amides is 3. The fraction of sp³-hybridized carbons (Fsp3) is 0.464. The molecule has 8 nitrogen and oxygen atoms in total. The van der Waals surface area contributed by atoms with E-state index in [-0.39, 0.29) is 42.7 Å². The molecule has 0 unspecified atom stereocenters. The van der Waals surface area contributed by atoms with Crippen molar-refractivity contribution in [3.8, 4) is 5.88 Å². The van der Waals surface area contributed by atoms with E-state index in [4.69, 9.17) is 4.74 Å². The molecule has 1 aromatic heterocycles. The van der Waals surface area contributed by atoms with Gasteiger partial charge in [-0.2, -0.15) is 0 Å². The molecule has 2 aliphatic rings. The maximum absolute atomic E-state index is 13.6. The Labute approximate surface area is 217 Å². The standard InChI is InChI=1S/C28H35FN4O4/c1-18-15-33(19(2)17-34)27(35)24-13-21(20-7-5-4-6-8-20)14-30-26(24)37-25(18)16-32(3)28(36)31-23-11-9-22(29)10-12-23/h7,9-14,18-19,25,34H,4-6,8,15-17H2,1-3H3,(H,31,36)/t18-,19-,25+/m0/s1. The molecular weight excluding hydrogens is 475 g/mol. The molecular formula is C28H35FN4O4. The molecule has 0 fully saturated rings. The highest BCUT2D eigenvalue weighted by atomic mass is 19.1. The summed E-state index contributed by atoms with van der Waals surface area (Å²) in [4.78, 5) is 34.1. The van der Waals surface area contributed by atoms with Crippen LogP contribution in [0.15, 0.2) is 42.6 Å². The van der Waals surface area contributed by atoms with Crippen LogP contribution in [0.2, 0.25) is 0 Å². The third kappa shape index (κ3) is 6.28. The second kappa shape index (κ2) is 11.7. The Hall–Kier alpha value is -3.46. The van der Waals surface area contributed by atoms with Crippen molar-refractivity contribution in [3.63, 3.8) is 0 Å². The number of carbonyl (C=O) groups excluding carboxylic acids is 2. The number of carbonyl (C=O) groups is 2. The van der Waals surface area contributed by atoms with Crippen molar-refractivity contribution in [3.05, 3.63) is 59.5 Å². The second-order valence-electron chi connectivity index (χ2n) is 9.99. The molecule has 9 heteroatoms. The normalized spacial score (nSPS) is 20.6. The number of halogens is 1. The van der Waals surface area contributed by atoms with E-state index in [9.17, 15) is 19.1 Å². The molecule has 1 aliphatic heterocycles. The predicted molar refractivity (Wildman–Crippen MR) is 140 cm³/mol. The van der Waals surface area contributed by atoms with Gasteiger partial charge in [0.25, 0.3) is 5.91 Å². The lowest BCUT2D eigenvalue weighted by molar-refractivity contribution is 0.0356. The van der Waals surface area contributed by atoms with Crippen molar-refractivity contribution in [2.75, 3.05) is 32.1 Å². The molecule has 3 amide bonds. The van der Waals surface area contributed by atoms with Crippen molar-refractivity contribution in [1.29, 1.82) is 0 Å². The number of anilines is 1. The first-order valence-electron chi connectivity index (χ1n) is 12.8. The molecule has 0 radical (unpaired) electrons. The van der Waals surface area contributed by atoms with Gasteiger partial charge in [-0.25, -0.2) is 14.2 Å². The number of likely N-dealkylation sites (N-methyl/N-ethyl adjacent to an activating group) is 1. The number of nitrogens with one attached hydrogen (secondary N) is 1. The zero-order valence-electron chi connectivity index (χ0n) is 21.6. The number of benzene rings is 1. The van der Waals surface area contributed by atoms with Gasteiger partial charge in [-0.1, -0.05) is 13.0 Å². The first-order valence-corrected chi connectivity index (χ1v) is 12.8. The topological polar surface area (TPSA) is 95.0 Å². The van der Waals surface area contributed by atoms with Gasteiger partial charge in [0, 0.05) is 31.4 Å². The molecule has 4 rings (SSSR count). The summed E-state index contributed by atoms with van der Waals surface area (Å²) in [5.41, 5.74) is 2.93. The average Bonchev–Trinajstić information content (AvgIpc) is 2.91. The molecule has 3 atom stereocenters. The van der Waals surface area contributed by atoms with E-state index in [1.54, 1.807) is 18.1 Å². The predicted octanol–water partition coefficient (Wildman–Crippen LogP) is 4.56. The number of aromatic nitrogens is 1. The molecule has 2 heterocycles. The number of fused-ring (bicyclic) bond motifs is 1. The number of urea groups is 1. The Kier molecular flexibility index (Phi) is 8.43. The van der Waals surface area contributed by atoms with Crippen LogP contribution in [-0.4, -0.2) is 70.7 Å². The van der Waals surface area contributed by atoms with E-state index in [1.165, 1.54) is 34.7 Å². The first kappa shape index (κ1) is 26.6. The highest BCUT2D eigenvalue weighted by molar-refractivity contribution is 5.97. The Morgan fingerprint density at radius 1 is 1.32 bits per heavy atom. The van der Waals surface area contributed by atoms with Crippen molar-refractivity contribution >= 4 is 23.2 Å². The van der Waals surface area contributed by atoms with Gasteiger partial charge >= 0.3 is 6.03 Å². The van der Waals surface area contributed by atoms with Crippen LogP contribution in [0.25, 0.3) is 5.57 Å². The summed E-state index contributed by atoms with van der Waals surface area (Å²) in [6.07, 6.45) is 7.71. The highest BCUT2D eigenvalue weighted by Crippen LogP contribution is 2.32. The third-order valence-corrected chi connectivity index (χ3v) is 7.08. The van der Waals surface area contributed by atoms with Gasteiger partial charge in [-0.05, 0) is 74.1 Å². The van der Waals surface area contributed by atoms with Crippen LogP contribution >= 0.6 is 0 Å². The molecule has 1 aromatic carbocycles. The first-order chi connectivity index (χ1) is 17.8. The van der Waals surface area contributed by atoms with E-state index in [1.807, 2.05) is 19.9 Å². The average molecular weight is 511 g/mol. The molecule has 0 saturated carbocycles. The summed E-state index contributed by atoms with van der Waals surface area (Å²) in [6.45, 7) is 4.18. The van der Waals surface area contributed by atoms with E-state index < -0.39 is 12.1 Å². The Morgan fingerprint density at radius 3 is 2.76 bits per heavy atom. The molecule has 2 N–H and O–H groups in total. The maximum Gasteiger partial charge on any atom is 0.321 e. The molecule has 0 spiro atoms. The van der Waals surface area contributed by atoms with E-state index >= 15 is 0 Å². The van der Waals surface area contributed by atoms with Crippen LogP contribution in [0.5, 0.6) is 5.88 Å². The van der Waals surface area contributed by atoms with Gasteiger partial charge < -0.3 is 25.0 Å². The van der Waals surface area contributed by atoms with E-state index in [0.29, 0.717) is 17.8 Å². The number of aliphatic hydroxyl groups is 1. The minimum absolute atomic E-state index is 0.158. The Morgan fingerprint density at radius 2 is 2.08 bits per heavy atom. The number of hydrogen-bond acceptors (Lipinski definition) is 5. The van der Waals surface area contributed by atoms with Crippen molar-refractivity contribution < 1.29 is 23.8 Å². The zero-order chi connectivity index (χ0) is 26.5. The van der Waals surface area contributed by atoms with Crippen LogP contribution in [0.4, 0.5) is 14.9 Å². The molecule has 37 heavy (non-hydrogen) atoms. The molecule has 0 bridgehead atoms. The Bertz CT molecular complexity index is 1150. The van der Waals surface area contributed by atoms with Crippen LogP contribution < -0.4 is 10.1 Å². The largest absolute Gasteiger partial charge is 0.472 e. The smallest absolute Gasteiger partial charge is 0.321 e. The van der Waals surface area contributed by atoms with E-state index in [2.05, 4.69) is 16.4 Å². The number of rotatable bonds is 6. The van der Waals surface area contributed by atoms with Crippen molar-refractivity contribution in [2.45, 2.75) is 51.7 Å². The fourth-order valence-electron chi connectivity index (χ4n) is 4.70. The number of pyridine rings is 1. The second-order valence-corrected chi connectivity index (χ2v) is 9.99. The Balaban J connectivity index is 1.59. The summed E-state index contributed by atoms with van der Waals surface area (Å²) in [5, 5.41) is 12.6. The molecule has 0 saturated heterocycles. The minimum atomic E-state index is -0.462. The third-order valence-electron chi connectivity index (χ3n) is 7.08. The number of hydrogen-bond donors (Lipinski definition) is 2. The number of nitrogens with zero attached hydrogens (tertiary/aromatic N) is 3. The zero-order valence-corrected chi connectivity index (χ0v) is 21.6. The maximum atomic E-state index is 13.6. The summed E-state index contributed by atoms with van der Waals surface area (Å²) >= 11 is 0. The van der Waals surface area contributed by atoms with Gasteiger partial charge in [0.1, 0.15) is 17.5 Å².